The van der Waals surface area contributed by atoms with E-state index in [1.54, 1.807) is 6.21 Å². The summed E-state index contributed by atoms with van der Waals surface area (Å²) in [5.74, 6) is 0. The van der Waals surface area contributed by atoms with Gasteiger partial charge in [-0.05, 0) is 43.0 Å². The molecule has 0 aliphatic rings. The summed E-state index contributed by atoms with van der Waals surface area (Å²) in [6.45, 7) is 4.02. The van der Waals surface area contributed by atoms with Gasteiger partial charge in [0.15, 0.2) is 0 Å². The van der Waals surface area contributed by atoms with Crippen LogP contribution in [0, 0.1) is 13.8 Å². The van der Waals surface area contributed by atoms with E-state index >= 15 is 0 Å². The van der Waals surface area contributed by atoms with E-state index < -0.39 is 0 Å². The molecular formula is C18H16N2O. The van der Waals surface area contributed by atoms with Crippen molar-refractivity contribution in [1.29, 1.82) is 0 Å². The highest BCUT2D eigenvalue weighted by Crippen LogP contribution is 2.15. The second-order valence-corrected chi connectivity index (χ2v) is 5.19. The molecule has 3 nitrogen and oxygen atoms in total. The molecule has 0 bridgehead atoms. The van der Waals surface area contributed by atoms with Crippen molar-refractivity contribution in [2.45, 2.75) is 13.8 Å². The van der Waals surface area contributed by atoms with E-state index in [2.05, 4.69) is 9.98 Å². The van der Waals surface area contributed by atoms with E-state index in [0.29, 0.717) is 5.56 Å². The smallest absolute Gasteiger partial charge is 0.257 e. The van der Waals surface area contributed by atoms with Crippen molar-refractivity contribution < 1.29 is 0 Å². The number of aliphatic imine (C=N–C) groups is 1. The Balaban J connectivity index is 2.03. The van der Waals surface area contributed by atoms with Gasteiger partial charge in [0.2, 0.25) is 0 Å². The van der Waals surface area contributed by atoms with Gasteiger partial charge in [0.05, 0.1) is 16.8 Å². The predicted octanol–water partition coefficient (Wildman–Crippen LogP) is 3.90. The molecule has 0 radical (unpaired) electrons. The molecule has 0 fully saturated rings. The van der Waals surface area contributed by atoms with Crippen LogP contribution in [-0.2, 0) is 0 Å². The van der Waals surface area contributed by atoms with Gasteiger partial charge in [-0.1, -0.05) is 35.9 Å². The molecule has 0 atom stereocenters. The lowest BCUT2D eigenvalue weighted by Crippen LogP contribution is -2.12. The average Bonchev–Trinajstić information content (AvgIpc) is 2.48. The van der Waals surface area contributed by atoms with Gasteiger partial charge < -0.3 is 4.98 Å². The minimum atomic E-state index is -0.118. The number of aryl methyl sites for hydroxylation is 2. The van der Waals surface area contributed by atoms with Crippen molar-refractivity contribution in [3.63, 3.8) is 0 Å². The molecule has 3 rings (SSSR count). The van der Waals surface area contributed by atoms with Crippen LogP contribution in [0.15, 0.2) is 58.3 Å². The summed E-state index contributed by atoms with van der Waals surface area (Å²) in [5, 5.41) is 1.01. The van der Waals surface area contributed by atoms with Gasteiger partial charge in [-0.3, -0.25) is 9.79 Å². The normalized spacial score (nSPS) is 11.3. The highest BCUT2D eigenvalue weighted by Gasteiger charge is 2.02. The number of fused-ring (bicyclic) bond motifs is 1. The Morgan fingerprint density at radius 2 is 1.81 bits per heavy atom. The minimum Gasteiger partial charge on any atom is -0.321 e. The van der Waals surface area contributed by atoms with Crippen LogP contribution in [0.1, 0.15) is 16.7 Å². The summed E-state index contributed by atoms with van der Waals surface area (Å²) in [7, 11) is 0. The van der Waals surface area contributed by atoms with Gasteiger partial charge in [-0.25, -0.2) is 0 Å². The largest absolute Gasteiger partial charge is 0.321 e. The molecule has 3 heteroatoms. The quantitative estimate of drug-likeness (QED) is 0.709. The average molecular weight is 276 g/mol. The van der Waals surface area contributed by atoms with Crippen LogP contribution in [0.3, 0.4) is 0 Å². The zero-order valence-electron chi connectivity index (χ0n) is 12.1. The SMILES string of the molecule is Cc1ccc(N=Cc2cc3cccc(C)c3[nH]c2=O)cc1. The molecule has 0 saturated heterocycles. The van der Waals surface area contributed by atoms with Gasteiger partial charge in [0.1, 0.15) is 0 Å². The van der Waals surface area contributed by atoms with E-state index in [-0.39, 0.29) is 5.56 Å². The number of benzene rings is 2. The van der Waals surface area contributed by atoms with E-state index in [0.717, 1.165) is 22.2 Å². The fraction of sp³-hybridized carbons (Fsp3) is 0.111. The monoisotopic (exact) mass is 276 g/mol. The fourth-order valence-electron chi connectivity index (χ4n) is 2.27. The number of para-hydroxylation sites is 1. The molecule has 0 amide bonds. The lowest BCUT2D eigenvalue weighted by molar-refractivity contribution is 1.27. The Morgan fingerprint density at radius 3 is 2.57 bits per heavy atom. The number of aromatic amines is 1. The number of rotatable bonds is 2. The fourth-order valence-corrected chi connectivity index (χ4v) is 2.27. The second kappa shape index (κ2) is 5.37. The Kier molecular flexibility index (Phi) is 3.40. The summed E-state index contributed by atoms with van der Waals surface area (Å²) in [6.07, 6.45) is 1.62. The maximum Gasteiger partial charge on any atom is 0.257 e. The molecule has 0 spiro atoms. The van der Waals surface area contributed by atoms with Crippen molar-refractivity contribution in [3.05, 3.63) is 75.6 Å². The zero-order chi connectivity index (χ0) is 14.8. The molecule has 0 aliphatic carbocycles. The van der Waals surface area contributed by atoms with Crippen molar-refractivity contribution in [3.8, 4) is 0 Å². The minimum absolute atomic E-state index is 0.118. The molecule has 1 N–H and O–H groups in total. The first-order valence-corrected chi connectivity index (χ1v) is 6.87. The van der Waals surface area contributed by atoms with Crippen molar-refractivity contribution in [2.24, 2.45) is 4.99 Å². The first-order chi connectivity index (χ1) is 10.1. The Bertz CT molecular complexity index is 874. The number of nitrogens with one attached hydrogen (secondary N) is 1. The summed E-state index contributed by atoms with van der Waals surface area (Å²) >= 11 is 0. The van der Waals surface area contributed by atoms with Crippen LogP contribution >= 0.6 is 0 Å². The number of hydrogen-bond acceptors (Lipinski definition) is 2. The van der Waals surface area contributed by atoms with Crippen LogP contribution in [0.4, 0.5) is 5.69 Å². The maximum absolute atomic E-state index is 12.1. The van der Waals surface area contributed by atoms with Gasteiger partial charge in [-0.15, -0.1) is 0 Å². The van der Waals surface area contributed by atoms with E-state index in [1.807, 2.05) is 62.4 Å². The van der Waals surface area contributed by atoms with Crippen LogP contribution in [0.25, 0.3) is 10.9 Å². The van der Waals surface area contributed by atoms with Crippen molar-refractivity contribution in [2.75, 3.05) is 0 Å². The summed E-state index contributed by atoms with van der Waals surface area (Å²) in [5.41, 5.74) is 4.42. The van der Waals surface area contributed by atoms with Crippen LogP contribution in [0.2, 0.25) is 0 Å². The molecule has 2 aromatic carbocycles. The molecule has 104 valence electrons. The van der Waals surface area contributed by atoms with E-state index in [1.165, 1.54) is 5.56 Å². The van der Waals surface area contributed by atoms with Crippen molar-refractivity contribution >= 4 is 22.8 Å². The summed E-state index contributed by atoms with van der Waals surface area (Å²) < 4.78 is 0. The summed E-state index contributed by atoms with van der Waals surface area (Å²) in [6, 6.07) is 15.7. The number of H-pyrrole nitrogens is 1. The van der Waals surface area contributed by atoms with Gasteiger partial charge in [0.25, 0.3) is 5.56 Å². The van der Waals surface area contributed by atoms with E-state index in [4.69, 9.17) is 0 Å². The number of hydrogen-bond donors (Lipinski definition) is 1. The zero-order valence-corrected chi connectivity index (χ0v) is 12.1. The Morgan fingerprint density at radius 1 is 1.05 bits per heavy atom. The lowest BCUT2D eigenvalue weighted by Gasteiger charge is -2.02. The third-order valence-corrected chi connectivity index (χ3v) is 3.50. The molecule has 3 aromatic rings. The Labute approximate surface area is 123 Å². The predicted molar refractivity (Wildman–Crippen MR) is 87.7 cm³/mol. The number of aromatic nitrogens is 1. The lowest BCUT2D eigenvalue weighted by atomic mass is 10.1. The van der Waals surface area contributed by atoms with Gasteiger partial charge in [0, 0.05) is 6.21 Å². The number of nitrogens with zero attached hydrogens (tertiary/aromatic N) is 1. The van der Waals surface area contributed by atoms with Crippen LogP contribution < -0.4 is 5.56 Å². The third kappa shape index (κ3) is 2.77. The molecule has 0 aliphatic heterocycles. The van der Waals surface area contributed by atoms with Crippen molar-refractivity contribution in [1.82, 2.24) is 4.98 Å². The maximum atomic E-state index is 12.1. The number of pyridine rings is 1. The molecule has 0 saturated carbocycles. The van der Waals surface area contributed by atoms with Crippen LogP contribution in [0.5, 0.6) is 0 Å². The van der Waals surface area contributed by atoms with Crippen LogP contribution in [-0.4, -0.2) is 11.2 Å². The molecular weight excluding hydrogens is 260 g/mol. The molecule has 1 aromatic heterocycles. The first kappa shape index (κ1) is 13.3. The molecule has 1 heterocycles. The second-order valence-electron chi connectivity index (χ2n) is 5.19. The first-order valence-electron chi connectivity index (χ1n) is 6.87. The summed E-state index contributed by atoms with van der Waals surface area (Å²) in [4.78, 5) is 19.4. The van der Waals surface area contributed by atoms with Gasteiger partial charge >= 0.3 is 0 Å². The van der Waals surface area contributed by atoms with E-state index in [9.17, 15) is 4.79 Å². The Hall–Kier alpha value is -2.68. The molecule has 21 heavy (non-hydrogen) atoms. The molecule has 0 unspecified atom stereocenters. The standard InChI is InChI=1S/C18H16N2O/c1-12-6-8-16(9-7-12)19-11-15-10-14-5-3-4-13(2)17(14)20-18(15)21/h3-11H,1-2H3,(H,20,21). The highest BCUT2D eigenvalue weighted by atomic mass is 16.1. The van der Waals surface area contributed by atoms with Gasteiger partial charge in [-0.2, -0.15) is 0 Å². The third-order valence-electron chi connectivity index (χ3n) is 3.50. The topological polar surface area (TPSA) is 45.2 Å². The highest BCUT2D eigenvalue weighted by molar-refractivity contribution is 5.89.